The zero-order valence-electron chi connectivity index (χ0n) is 13.7. The molecule has 3 aromatic rings. The summed E-state index contributed by atoms with van der Waals surface area (Å²) in [6.45, 7) is 2.12. The summed E-state index contributed by atoms with van der Waals surface area (Å²) in [6.07, 6.45) is 3.05. The van der Waals surface area contributed by atoms with Crippen molar-refractivity contribution in [1.82, 2.24) is 10.3 Å². The Labute approximate surface area is 144 Å². The number of anilines is 1. The van der Waals surface area contributed by atoms with Gasteiger partial charge in [-0.05, 0) is 43.3 Å². The highest BCUT2D eigenvalue weighted by molar-refractivity contribution is 6.08. The zero-order chi connectivity index (χ0) is 17.6. The lowest BCUT2D eigenvalue weighted by Gasteiger charge is -2.11. The highest BCUT2D eigenvalue weighted by atomic mass is 16.3. The Morgan fingerprint density at radius 2 is 1.88 bits per heavy atom. The van der Waals surface area contributed by atoms with Crippen molar-refractivity contribution in [3.05, 3.63) is 83.6 Å². The van der Waals surface area contributed by atoms with Gasteiger partial charge in [0.1, 0.15) is 5.76 Å². The van der Waals surface area contributed by atoms with Crippen LogP contribution in [-0.2, 0) is 6.54 Å². The molecule has 2 heterocycles. The summed E-state index contributed by atoms with van der Waals surface area (Å²) in [5.41, 5.74) is 2.07. The van der Waals surface area contributed by atoms with Crippen LogP contribution in [0.15, 0.2) is 65.4 Å². The molecule has 0 unspecified atom stereocenters. The van der Waals surface area contributed by atoms with Crippen molar-refractivity contribution >= 4 is 17.5 Å². The van der Waals surface area contributed by atoms with E-state index in [0.717, 1.165) is 5.69 Å². The van der Waals surface area contributed by atoms with Gasteiger partial charge in [0, 0.05) is 11.9 Å². The Kier molecular flexibility index (Phi) is 4.89. The van der Waals surface area contributed by atoms with Crippen molar-refractivity contribution in [2.24, 2.45) is 0 Å². The number of benzene rings is 1. The number of carbonyl (C=O) groups is 2. The smallest absolute Gasteiger partial charge is 0.257 e. The average molecular weight is 335 g/mol. The molecule has 2 amide bonds. The molecule has 0 fully saturated rings. The molecular formula is C19H17N3O3. The Morgan fingerprint density at radius 1 is 1.04 bits per heavy atom. The van der Waals surface area contributed by atoms with E-state index >= 15 is 0 Å². The van der Waals surface area contributed by atoms with Crippen LogP contribution in [0.1, 0.15) is 32.2 Å². The molecule has 0 saturated heterocycles. The molecule has 2 N–H and O–H groups in total. The van der Waals surface area contributed by atoms with E-state index in [9.17, 15) is 9.59 Å². The summed E-state index contributed by atoms with van der Waals surface area (Å²) >= 11 is 0. The molecule has 25 heavy (non-hydrogen) atoms. The molecule has 126 valence electrons. The standard InChI is InChI=1S/C19H17N3O3/c1-13-8-9-14(11-20-13)18(23)22-17-7-3-2-6-16(17)19(24)21-12-15-5-4-10-25-15/h2-11H,12H2,1H3,(H,21,24)(H,22,23). The molecule has 6 nitrogen and oxygen atoms in total. The molecule has 0 bridgehead atoms. The molecule has 0 aliphatic heterocycles. The fourth-order valence-electron chi connectivity index (χ4n) is 2.26. The summed E-state index contributed by atoms with van der Waals surface area (Å²) in [4.78, 5) is 28.9. The van der Waals surface area contributed by atoms with E-state index in [2.05, 4.69) is 15.6 Å². The first-order valence-electron chi connectivity index (χ1n) is 7.77. The lowest BCUT2D eigenvalue weighted by atomic mass is 10.1. The maximum atomic E-state index is 12.4. The lowest BCUT2D eigenvalue weighted by molar-refractivity contribution is 0.0949. The van der Waals surface area contributed by atoms with Gasteiger partial charge in [-0.1, -0.05) is 12.1 Å². The van der Waals surface area contributed by atoms with E-state index < -0.39 is 0 Å². The van der Waals surface area contributed by atoms with Gasteiger partial charge in [0.05, 0.1) is 29.6 Å². The van der Waals surface area contributed by atoms with Gasteiger partial charge < -0.3 is 15.1 Å². The monoisotopic (exact) mass is 335 g/mol. The van der Waals surface area contributed by atoms with Gasteiger partial charge in [-0.2, -0.15) is 0 Å². The van der Waals surface area contributed by atoms with Crippen molar-refractivity contribution in [3.8, 4) is 0 Å². The number of rotatable bonds is 5. The molecule has 0 spiro atoms. The SMILES string of the molecule is Cc1ccc(C(=O)Nc2ccccc2C(=O)NCc2ccco2)cn1. The second-order valence-corrected chi connectivity index (χ2v) is 5.45. The first-order chi connectivity index (χ1) is 12.1. The molecule has 1 aromatic carbocycles. The van der Waals surface area contributed by atoms with Crippen LogP contribution in [-0.4, -0.2) is 16.8 Å². The number of furan rings is 1. The minimum atomic E-state index is -0.321. The third-order valence-electron chi connectivity index (χ3n) is 3.60. The van der Waals surface area contributed by atoms with Gasteiger partial charge in [0.25, 0.3) is 11.8 Å². The quantitative estimate of drug-likeness (QED) is 0.750. The molecule has 3 rings (SSSR count). The fraction of sp³-hybridized carbons (Fsp3) is 0.105. The zero-order valence-corrected chi connectivity index (χ0v) is 13.7. The molecule has 0 aliphatic rings. The largest absolute Gasteiger partial charge is 0.467 e. The maximum Gasteiger partial charge on any atom is 0.257 e. The second kappa shape index (κ2) is 7.44. The summed E-state index contributed by atoms with van der Waals surface area (Å²) in [5.74, 6) is 0.0358. The van der Waals surface area contributed by atoms with E-state index in [4.69, 9.17) is 4.42 Å². The van der Waals surface area contributed by atoms with Crippen LogP contribution in [0.4, 0.5) is 5.69 Å². The first kappa shape index (κ1) is 16.4. The third kappa shape index (κ3) is 4.11. The Bertz CT molecular complexity index is 871. The summed E-state index contributed by atoms with van der Waals surface area (Å²) in [7, 11) is 0. The highest BCUT2D eigenvalue weighted by Crippen LogP contribution is 2.16. The minimum Gasteiger partial charge on any atom is -0.467 e. The van der Waals surface area contributed by atoms with Gasteiger partial charge in [-0.3, -0.25) is 14.6 Å². The third-order valence-corrected chi connectivity index (χ3v) is 3.60. The number of hydrogen-bond donors (Lipinski definition) is 2. The molecule has 0 radical (unpaired) electrons. The Morgan fingerprint density at radius 3 is 2.60 bits per heavy atom. The van der Waals surface area contributed by atoms with Crippen LogP contribution in [0.25, 0.3) is 0 Å². The number of nitrogens with zero attached hydrogens (tertiary/aromatic N) is 1. The summed E-state index contributed by atoms with van der Waals surface area (Å²) in [5, 5.41) is 5.52. The van der Waals surface area contributed by atoms with Gasteiger partial charge in [-0.15, -0.1) is 0 Å². The van der Waals surface area contributed by atoms with Crippen molar-refractivity contribution in [2.45, 2.75) is 13.5 Å². The van der Waals surface area contributed by atoms with Crippen LogP contribution in [0.2, 0.25) is 0 Å². The molecule has 6 heteroatoms. The number of carbonyl (C=O) groups excluding carboxylic acids is 2. The molecule has 0 aliphatic carbocycles. The molecular weight excluding hydrogens is 318 g/mol. The van der Waals surface area contributed by atoms with E-state index in [1.807, 2.05) is 6.92 Å². The van der Waals surface area contributed by atoms with Crippen LogP contribution in [0, 0.1) is 6.92 Å². The normalized spacial score (nSPS) is 10.3. The van der Waals surface area contributed by atoms with E-state index in [1.54, 1.807) is 54.8 Å². The van der Waals surface area contributed by atoms with E-state index in [0.29, 0.717) is 22.6 Å². The van der Waals surface area contributed by atoms with Crippen molar-refractivity contribution < 1.29 is 14.0 Å². The Hall–Kier alpha value is -3.41. The van der Waals surface area contributed by atoms with Gasteiger partial charge in [-0.25, -0.2) is 0 Å². The highest BCUT2D eigenvalue weighted by Gasteiger charge is 2.14. The van der Waals surface area contributed by atoms with E-state index in [1.165, 1.54) is 6.20 Å². The molecule has 0 atom stereocenters. The fourth-order valence-corrected chi connectivity index (χ4v) is 2.26. The van der Waals surface area contributed by atoms with Crippen LogP contribution in [0.3, 0.4) is 0 Å². The number of amides is 2. The van der Waals surface area contributed by atoms with Crippen molar-refractivity contribution in [2.75, 3.05) is 5.32 Å². The summed E-state index contributed by atoms with van der Waals surface area (Å²) in [6, 6.07) is 13.8. The lowest BCUT2D eigenvalue weighted by Crippen LogP contribution is -2.24. The topological polar surface area (TPSA) is 84.2 Å². The second-order valence-electron chi connectivity index (χ2n) is 5.45. The number of pyridine rings is 1. The number of aryl methyl sites for hydroxylation is 1. The number of nitrogens with one attached hydrogen (secondary N) is 2. The van der Waals surface area contributed by atoms with Gasteiger partial charge >= 0.3 is 0 Å². The van der Waals surface area contributed by atoms with Crippen molar-refractivity contribution in [3.63, 3.8) is 0 Å². The molecule has 2 aromatic heterocycles. The first-order valence-corrected chi connectivity index (χ1v) is 7.77. The van der Waals surface area contributed by atoms with Crippen molar-refractivity contribution in [1.29, 1.82) is 0 Å². The average Bonchev–Trinajstić information content (AvgIpc) is 3.14. The summed E-state index contributed by atoms with van der Waals surface area (Å²) < 4.78 is 5.19. The van der Waals surface area contributed by atoms with Gasteiger partial charge in [0.2, 0.25) is 0 Å². The number of aromatic nitrogens is 1. The van der Waals surface area contributed by atoms with Crippen LogP contribution in [0.5, 0.6) is 0 Å². The van der Waals surface area contributed by atoms with Crippen LogP contribution >= 0.6 is 0 Å². The predicted octanol–water partition coefficient (Wildman–Crippen LogP) is 3.17. The van der Waals surface area contributed by atoms with E-state index in [-0.39, 0.29) is 18.4 Å². The molecule has 0 saturated carbocycles. The Balaban J connectivity index is 1.72. The predicted molar refractivity (Wildman–Crippen MR) is 93.2 cm³/mol. The maximum absolute atomic E-state index is 12.4. The minimum absolute atomic E-state index is 0.274. The van der Waals surface area contributed by atoms with Crippen LogP contribution < -0.4 is 10.6 Å². The number of hydrogen-bond acceptors (Lipinski definition) is 4. The van der Waals surface area contributed by atoms with Gasteiger partial charge in [0.15, 0.2) is 0 Å². The number of para-hydroxylation sites is 1.